The summed E-state index contributed by atoms with van der Waals surface area (Å²) in [5, 5.41) is 3.23. The van der Waals surface area contributed by atoms with Crippen molar-refractivity contribution < 1.29 is 19.1 Å². The van der Waals surface area contributed by atoms with Crippen molar-refractivity contribution in [3.63, 3.8) is 0 Å². The largest absolute Gasteiger partial charge is 0.465 e. The number of rotatable bonds is 4. The Morgan fingerprint density at radius 2 is 1.77 bits per heavy atom. The van der Waals surface area contributed by atoms with Crippen LogP contribution in [-0.4, -0.2) is 24.8 Å². The molecule has 2 rings (SSSR count). The van der Waals surface area contributed by atoms with Gasteiger partial charge in [0, 0.05) is 11.6 Å². The predicted octanol–water partition coefficient (Wildman–Crippen LogP) is 4.82. The molecule has 0 saturated heterocycles. The number of ether oxygens (including phenoxy) is 2. The van der Waals surface area contributed by atoms with Crippen LogP contribution in [0.2, 0.25) is 5.02 Å². The van der Waals surface area contributed by atoms with Crippen molar-refractivity contribution in [1.82, 2.24) is 5.32 Å². The monoisotopic (exact) mass is 375 g/mol. The Kier molecular flexibility index (Phi) is 6.27. The summed E-state index contributed by atoms with van der Waals surface area (Å²) in [6, 6.07) is 12.6. The zero-order chi connectivity index (χ0) is 19.3. The molecule has 0 atom stereocenters. The van der Waals surface area contributed by atoms with Crippen LogP contribution in [0.15, 0.2) is 42.5 Å². The van der Waals surface area contributed by atoms with Gasteiger partial charge in [-0.3, -0.25) is 0 Å². The lowest BCUT2D eigenvalue weighted by Gasteiger charge is -2.20. The van der Waals surface area contributed by atoms with Crippen LogP contribution in [0.1, 0.15) is 36.7 Å². The molecule has 0 unspecified atom stereocenters. The maximum absolute atomic E-state index is 11.8. The maximum atomic E-state index is 11.8. The fourth-order valence-electron chi connectivity index (χ4n) is 2.31. The first-order chi connectivity index (χ1) is 12.2. The molecular formula is C20H22ClNO4. The predicted molar refractivity (Wildman–Crippen MR) is 101 cm³/mol. The fourth-order valence-corrected chi connectivity index (χ4v) is 2.50. The van der Waals surface area contributed by atoms with E-state index in [2.05, 4.69) is 5.32 Å². The van der Waals surface area contributed by atoms with Crippen LogP contribution in [0.25, 0.3) is 11.1 Å². The van der Waals surface area contributed by atoms with Crippen molar-refractivity contribution in [2.75, 3.05) is 7.11 Å². The van der Waals surface area contributed by atoms with E-state index in [1.165, 1.54) is 7.11 Å². The first kappa shape index (κ1) is 19.8. The van der Waals surface area contributed by atoms with E-state index in [-0.39, 0.29) is 6.54 Å². The summed E-state index contributed by atoms with van der Waals surface area (Å²) in [6.07, 6.45) is -0.508. The van der Waals surface area contributed by atoms with E-state index < -0.39 is 17.7 Å². The van der Waals surface area contributed by atoms with Gasteiger partial charge in [0.25, 0.3) is 0 Å². The van der Waals surface area contributed by atoms with Crippen LogP contribution in [0.4, 0.5) is 4.79 Å². The minimum Gasteiger partial charge on any atom is -0.465 e. The van der Waals surface area contributed by atoms with E-state index >= 15 is 0 Å². The molecule has 2 aromatic carbocycles. The Balaban J connectivity index is 2.19. The molecule has 1 amide bonds. The van der Waals surface area contributed by atoms with Crippen molar-refractivity contribution in [3.8, 4) is 11.1 Å². The van der Waals surface area contributed by atoms with Gasteiger partial charge in [0.2, 0.25) is 0 Å². The summed E-state index contributed by atoms with van der Waals surface area (Å²) in [7, 11) is 1.34. The molecule has 5 nitrogen and oxygen atoms in total. The standard InChI is InChI=1S/C20H22ClNO4/c1-20(2,3)26-19(24)22-12-16-11-14(8-9-17(16)21)13-6-5-7-15(10-13)18(23)25-4/h5-11H,12H2,1-4H3,(H,22,24). The molecule has 0 aliphatic heterocycles. The van der Waals surface area contributed by atoms with Crippen LogP contribution in [0.3, 0.4) is 0 Å². The number of nitrogens with one attached hydrogen (secondary N) is 1. The first-order valence-electron chi connectivity index (χ1n) is 8.13. The van der Waals surface area contributed by atoms with Crippen molar-refractivity contribution in [2.24, 2.45) is 0 Å². The summed E-state index contributed by atoms with van der Waals surface area (Å²) in [4.78, 5) is 23.5. The molecular weight excluding hydrogens is 354 g/mol. The van der Waals surface area contributed by atoms with Gasteiger partial charge in [-0.15, -0.1) is 0 Å². The Labute approximate surface area is 158 Å². The number of hydrogen-bond donors (Lipinski definition) is 1. The lowest BCUT2D eigenvalue weighted by Crippen LogP contribution is -2.32. The van der Waals surface area contributed by atoms with Gasteiger partial charge in [0.15, 0.2) is 0 Å². The number of amides is 1. The number of carbonyl (C=O) groups is 2. The van der Waals surface area contributed by atoms with Gasteiger partial charge in [-0.2, -0.15) is 0 Å². The van der Waals surface area contributed by atoms with Gasteiger partial charge in [-0.05, 0) is 61.7 Å². The van der Waals surface area contributed by atoms with E-state index in [0.717, 1.165) is 16.7 Å². The van der Waals surface area contributed by atoms with E-state index in [4.69, 9.17) is 21.1 Å². The summed E-state index contributed by atoms with van der Waals surface area (Å²) < 4.78 is 9.98. The lowest BCUT2D eigenvalue weighted by atomic mass is 10.0. The molecule has 0 saturated carbocycles. The average molecular weight is 376 g/mol. The van der Waals surface area contributed by atoms with Crippen molar-refractivity contribution in [1.29, 1.82) is 0 Å². The first-order valence-corrected chi connectivity index (χ1v) is 8.51. The molecule has 0 bridgehead atoms. The quantitative estimate of drug-likeness (QED) is 0.778. The minimum absolute atomic E-state index is 0.234. The van der Waals surface area contributed by atoms with Crippen LogP contribution >= 0.6 is 11.6 Å². The molecule has 138 valence electrons. The fraction of sp³-hybridized carbons (Fsp3) is 0.300. The second-order valence-corrected chi connectivity index (χ2v) is 7.14. The van der Waals surface area contributed by atoms with Crippen molar-refractivity contribution >= 4 is 23.7 Å². The highest BCUT2D eigenvalue weighted by Gasteiger charge is 2.16. The van der Waals surface area contributed by atoms with Gasteiger partial charge < -0.3 is 14.8 Å². The molecule has 0 heterocycles. The molecule has 1 N–H and O–H groups in total. The second kappa shape index (κ2) is 8.23. The lowest BCUT2D eigenvalue weighted by molar-refractivity contribution is 0.0522. The molecule has 2 aromatic rings. The second-order valence-electron chi connectivity index (χ2n) is 6.73. The number of alkyl carbamates (subject to hydrolysis) is 1. The zero-order valence-electron chi connectivity index (χ0n) is 15.3. The highest BCUT2D eigenvalue weighted by Crippen LogP contribution is 2.26. The summed E-state index contributed by atoms with van der Waals surface area (Å²) >= 11 is 6.24. The van der Waals surface area contributed by atoms with E-state index in [1.54, 1.807) is 45.0 Å². The van der Waals surface area contributed by atoms with Gasteiger partial charge in [-0.1, -0.05) is 29.8 Å². The third-order valence-electron chi connectivity index (χ3n) is 3.48. The summed E-state index contributed by atoms with van der Waals surface area (Å²) in [5.74, 6) is -0.396. The van der Waals surface area contributed by atoms with Gasteiger partial charge in [0.1, 0.15) is 5.60 Å². The third kappa shape index (κ3) is 5.49. The van der Waals surface area contributed by atoms with E-state index in [1.807, 2.05) is 18.2 Å². The zero-order valence-corrected chi connectivity index (χ0v) is 16.0. The van der Waals surface area contributed by atoms with E-state index in [0.29, 0.717) is 10.6 Å². The molecule has 0 aliphatic rings. The summed E-state index contributed by atoms with van der Waals surface area (Å²) in [5.41, 5.74) is 2.38. The topological polar surface area (TPSA) is 64.6 Å². The highest BCUT2D eigenvalue weighted by atomic mass is 35.5. The van der Waals surface area contributed by atoms with Gasteiger partial charge >= 0.3 is 12.1 Å². The summed E-state index contributed by atoms with van der Waals surface area (Å²) in [6.45, 7) is 5.63. The number of esters is 1. The van der Waals surface area contributed by atoms with Crippen molar-refractivity contribution in [2.45, 2.75) is 32.9 Å². The SMILES string of the molecule is COC(=O)c1cccc(-c2ccc(Cl)c(CNC(=O)OC(C)(C)C)c2)c1. The average Bonchev–Trinajstić information content (AvgIpc) is 2.59. The van der Waals surface area contributed by atoms with Gasteiger partial charge in [-0.25, -0.2) is 9.59 Å². The Hall–Kier alpha value is -2.53. The molecule has 0 aliphatic carbocycles. The van der Waals surface area contributed by atoms with Crippen LogP contribution in [-0.2, 0) is 16.0 Å². The normalized spacial score (nSPS) is 11.0. The molecule has 0 aromatic heterocycles. The smallest absolute Gasteiger partial charge is 0.407 e. The van der Waals surface area contributed by atoms with Crippen LogP contribution < -0.4 is 5.32 Å². The third-order valence-corrected chi connectivity index (χ3v) is 3.85. The Bertz CT molecular complexity index is 812. The molecule has 6 heteroatoms. The number of hydrogen-bond acceptors (Lipinski definition) is 4. The highest BCUT2D eigenvalue weighted by molar-refractivity contribution is 6.31. The Morgan fingerprint density at radius 3 is 2.42 bits per heavy atom. The number of carbonyl (C=O) groups excluding carboxylic acids is 2. The Morgan fingerprint density at radius 1 is 1.08 bits per heavy atom. The molecule has 0 spiro atoms. The van der Waals surface area contributed by atoms with Gasteiger partial charge in [0.05, 0.1) is 12.7 Å². The minimum atomic E-state index is -0.565. The molecule has 26 heavy (non-hydrogen) atoms. The van der Waals surface area contributed by atoms with E-state index in [9.17, 15) is 9.59 Å². The van der Waals surface area contributed by atoms with Crippen molar-refractivity contribution in [3.05, 3.63) is 58.6 Å². The number of halogens is 1. The molecule has 0 radical (unpaired) electrons. The molecule has 0 fully saturated rings. The maximum Gasteiger partial charge on any atom is 0.407 e. The van der Waals surface area contributed by atoms with Crippen LogP contribution in [0, 0.1) is 0 Å². The number of methoxy groups -OCH3 is 1. The van der Waals surface area contributed by atoms with Crippen LogP contribution in [0.5, 0.6) is 0 Å². The number of benzene rings is 2.